The van der Waals surface area contributed by atoms with E-state index < -0.39 is 0 Å². The van der Waals surface area contributed by atoms with Crippen molar-refractivity contribution in [1.82, 2.24) is 4.90 Å². The SMILES string of the molecule is CC(=O)Oc1cc2c(cc1Cl)CCN(C)CC2CC=C(C)C. The molecule has 0 fully saturated rings. The highest BCUT2D eigenvalue weighted by Crippen LogP contribution is 2.36. The first-order valence-corrected chi connectivity index (χ1v) is 8.07. The molecule has 1 aliphatic heterocycles. The zero-order chi connectivity index (χ0) is 16.3. The van der Waals surface area contributed by atoms with Crippen LogP contribution in [0.1, 0.15) is 44.2 Å². The fourth-order valence-electron chi connectivity index (χ4n) is 2.90. The van der Waals surface area contributed by atoms with Crippen molar-refractivity contribution in [3.05, 3.63) is 39.9 Å². The summed E-state index contributed by atoms with van der Waals surface area (Å²) in [5, 5.41) is 0.513. The van der Waals surface area contributed by atoms with Crippen molar-refractivity contribution in [2.45, 2.75) is 39.5 Å². The summed E-state index contributed by atoms with van der Waals surface area (Å²) in [6, 6.07) is 3.92. The number of allylic oxidation sites excluding steroid dienone is 2. The summed E-state index contributed by atoms with van der Waals surface area (Å²) in [7, 11) is 2.15. The van der Waals surface area contributed by atoms with Crippen molar-refractivity contribution in [3.8, 4) is 5.75 Å². The minimum Gasteiger partial charge on any atom is -0.425 e. The van der Waals surface area contributed by atoms with Gasteiger partial charge in [-0.3, -0.25) is 4.79 Å². The van der Waals surface area contributed by atoms with Crippen molar-refractivity contribution in [2.24, 2.45) is 0 Å². The molecule has 1 aromatic carbocycles. The second-order valence-electron chi connectivity index (χ2n) is 6.30. The monoisotopic (exact) mass is 321 g/mol. The van der Waals surface area contributed by atoms with Crippen LogP contribution in [0.25, 0.3) is 0 Å². The number of hydrogen-bond donors (Lipinski definition) is 0. The molecule has 3 nitrogen and oxygen atoms in total. The third-order valence-electron chi connectivity index (χ3n) is 3.99. The largest absolute Gasteiger partial charge is 0.425 e. The molecule has 0 spiro atoms. The van der Waals surface area contributed by atoms with Crippen molar-refractivity contribution in [2.75, 3.05) is 20.1 Å². The first kappa shape index (κ1) is 17.0. The number of carbonyl (C=O) groups excluding carboxylic acids is 1. The Labute approximate surface area is 137 Å². The number of carbonyl (C=O) groups is 1. The van der Waals surface area contributed by atoms with E-state index in [0.29, 0.717) is 16.7 Å². The highest BCUT2D eigenvalue weighted by atomic mass is 35.5. The predicted molar refractivity (Wildman–Crippen MR) is 90.8 cm³/mol. The van der Waals surface area contributed by atoms with Crippen LogP contribution in [0.2, 0.25) is 5.02 Å². The van der Waals surface area contributed by atoms with Crippen LogP contribution >= 0.6 is 11.6 Å². The molecule has 1 aliphatic rings. The third kappa shape index (κ3) is 4.34. The summed E-state index contributed by atoms with van der Waals surface area (Å²) >= 11 is 6.27. The van der Waals surface area contributed by atoms with Gasteiger partial charge in [0.1, 0.15) is 5.75 Å². The van der Waals surface area contributed by atoms with Gasteiger partial charge in [0.25, 0.3) is 0 Å². The van der Waals surface area contributed by atoms with E-state index in [0.717, 1.165) is 25.9 Å². The van der Waals surface area contributed by atoms with E-state index in [1.54, 1.807) is 0 Å². The van der Waals surface area contributed by atoms with Gasteiger partial charge in [0.05, 0.1) is 5.02 Å². The molecule has 1 atom stereocenters. The zero-order valence-corrected chi connectivity index (χ0v) is 14.5. The lowest BCUT2D eigenvalue weighted by Crippen LogP contribution is -2.23. The minimum atomic E-state index is -0.339. The zero-order valence-electron chi connectivity index (χ0n) is 13.8. The molecule has 0 saturated heterocycles. The first-order chi connectivity index (χ1) is 10.4. The Morgan fingerprint density at radius 2 is 2.14 bits per heavy atom. The number of benzene rings is 1. The van der Waals surface area contributed by atoms with E-state index in [1.807, 2.05) is 12.1 Å². The normalized spacial score (nSPS) is 18.3. The number of ether oxygens (including phenoxy) is 1. The van der Waals surface area contributed by atoms with Crippen molar-refractivity contribution in [3.63, 3.8) is 0 Å². The van der Waals surface area contributed by atoms with Crippen LogP contribution in [-0.2, 0) is 11.2 Å². The molecule has 2 rings (SSSR count). The standard InChI is InChI=1S/C18H24ClNO2/c1-12(2)5-6-15-11-20(4)8-7-14-9-17(19)18(10-16(14)15)22-13(3)21/h5,9-10,15H,6-8,11H2,1-4H3. The van der Waals surface area contributed by atoms with Crippen LogP contribution in [0, 0.1) is 0 Å². The van der Waals surface area contributed by atoms with E-state index in [9.17, 15) is 4.79 Å². The average molecular weight is 322 g/mol. The maximum Gasteiger partial charge on any atom is 0.308 e. The molecular weight excluding hydrogens is 298 g/mol. The molecule has 0 aromatic heterocycles. The summed E-state index contributed by atoms with van der Waals surface area (Å²) in [5.41, 5.74) is 3.84. The molecule has 0 amide bonds. The average Bonchev–Trinajstić information content (AvgIpc) is 2.56. The Morgan fingerprint density at radius 3 is 2.77 bits per heavy atom. The van der Waals surface area contributed by atoms with E-state index in [2.05, 4.69) is 31.9 Å². The Bertz CT molecular complexity index is 591. The molecule has 22 heavy (non-hydrogen) atoms. The van der Waals surface area contributed by atoms with Crippen LogP contribution in [0.4, 0.5) is 0 Å². The van der Waals surface area contributed by atoms with Crippen LogP contribution < -0.4 is 4.74 Å². The van der Waals surface area contributed by atoms with Crippen LogP contribution in [0.15, 0.2) is 23.8 Å². The molecule has 1 heterocycles. The Hall–Kier alpha value is -1.32. The Kier molecular flexibility index (Phi) is 5.65. The predicted octanol–water partition coefficient (Wildman–Crippen LogP) is 4.19. The molecule has 0 radical (unpaired) electrons. The summed E-state index contributed by atoms with van der Waals surface area (Å²) in [6.45, 7) is 7.65. The summed E-state index contributed by atoms with van der Waals surface area (Å²) < 4.78 is 5.25. The number of rotatable bonds is 3. The number of halogens is 1. The second-order valence-corrected chi connectivity index (χ2v) is 6.71. The summed E-state index contributed by atoms with van der Waals surface area (Å²) in [4.78, 5) is 13.6. The van der Waals surface area contributed by atoms with Gasteiger partial charge in [-0.2, -0.15) is 0 Å². The van der Waals surface area contributed by atoms with Gasteiger partial charge in [0.2, 0.25) is 0 Å². The van der Waals surface area contributed by atoms with Gasteiger partial charge in [-0.1, -0.05) is 23.3 Å². The Balaban J connectivity index is 2.41. The number of fused-ring (bicyclic) bond motifs is 1. The number of esters is 1. The van der Waals surface area contributed by atoms with Gasteiger partial charge >= 0.3 is 5.97 Å². The van der Waals surface area contributed by atoms with Crippen molar-refractivity contribution < 1.29 is 9.53 Å². The lowest BCUT2D eigenvalue weighted by Gasteiger charge is -2.21. The fraction of sp³-hybridized carbons (Fsp3) is 0.500. The van der Waals surface area contributed by atoms with Gasteiger partial charge in [0, 0.05) is 25.9 Å². The molecule has 0 N–H and O–H groups in total. The van der Waals surface area contributed by atoms with Gasteiger partial charge in [-0.05, 0) is 57.0 Å². The van der Waals surface area contributed by atoms with E-state index >= 15 is 0 Å². The summed E-state index contributed by atoms with van der Waals surface area (Å²) in [6.07, 6.45) is 4.23. The van der Waals surface area contributed by atoms with Gasteiger partial charge in [-0.25, -0.2) is 0 Å². The van der Waals surface area contributed by atoms with Crippen molar-refractivity contribution >= 4 is 17.6 Å². The van der Waals surface area contributed by atoms with Crippen molar-refractivity contribution in [1.29, 1.82) is 0 Å². The lowest BCUT2D eigenvalue weighted by molar-refractivity contribution is -0.131. The van der Waals surface area contributed by atoms with Crippen LogP contribution in [-0.4, -0.2) is 31.0 Å². The van der Waals surface area contributed by atoms with Gasteiger partial charge in [0.15, 0.2) is 0 Å². The highest BCUT2D eigenvalue weighted by Gasteiger charge is 2.23. The maximum atomic E-state index is 11.3. The number of likely N-dealkylation sites (N-methyl/N-ethyl adjacent to an activating group) is 1. The Morgan fingerprint density at radius 1 is 1.41 bits per heavy atom. The van der Waals surface area contributed by atoms with Crippen LogP contribution in [0.5, 0.6) is 5.75 Å². The third-order valence-corrected chi connectivity index (χ3v) is 4.29. The highest BCUT2D eigenvalue weighted by molar-refractivity contribution is 6.32. The molecule has 0 bridgehead atoms. The number of hydrogen-bond acceptors (Lipinski definition) is 3. The number of nitrogens with zero attached hydrogens (tertiary/aromatic N) is 1. The molecule has 0 aliphatic carbocycles. The smallest absolute Gasteiger partial charge is 0.308 e. The molecular formula is C18H24ClNO2. The topological polar surface area (TPSA) is 29.5 Å². The van der Waals surface area contributed by atoms with E-state index in [1.165, 1.54) is 23.6 Å². The molecule has 4 heteroatoms. The van der Waals surface area contributed by atoms with E-state index in [-0.39, 0.29) is 5.97 Å². The maximum absolute atomic E-state index is 11.3. The quantitative estimate of drug-likeness (QED) is 0.475. The first-order valence-electron chi connectivity index (χ1n) is 7.69. The summed E-state index contributed by atoms with van der Waals surface area (Å²) in [5.74, 6) is 0.525. The molecule has 1 aromatic rings. The van der Waals surface area contributed by atoms with Gasteiger partial charge < -0.3 is 9.64 Å². The molecule has 120 valence electrons. The lowest BCUT2D eigenvalue weighted by atomic mass is 9.90. The van der Waals surface area contributed by atoms with Gasteiger partial charge in [-0.15, -0.1) is 0 Å². The second kappa shape index (κ2) is 7.30. The molecule has 0 saturated carbocycles. The van der Waals surface area contributed by atoms with E-state index in [4.69, 9.17) is 16.3 Å². The fourth-order valence-corrected chi connectivity index (χ4v) is 3.12. The molecule has 1 unspecified atom stereocenters. The minimum absolute atomic E-state index is 0.339. The van der Waals surface area contributed by atoms with Crippen LogP contribution in [0.3, 0.4) is 0 Å².